The second-order valence-corrected chi connectivity index (χ2v) is 5.19. The van der Waals surface area contributed by atoms with E-state index in [-0.39, 0.29) is 0 Å². The number of nitrogens with one attached hydrogen (secondary N) is 1. The van der Waals surface area contributed by atoms with Gasteiger partial charge < -0.3 is 10.1 Å². The summed E-state index contributed by atoms with van der Waals surface area (Å²) in [5.41, 5.74) is 3.06. The topological polar surface area (TPSA) is 51.5 Å². The Morgan fingerprint density at radius 2 is 2.37 bits per heavy atom. The van der Waals surface area contributed by atoms with E-state index in [9.17, 15) is 0 Å². The lowest BCUT2D eigenvalue weighted by Gasteiger charge is -2.22. The molecule has 0 radical (unpaired) electrons. The lowest BCUT2D eigenvalue weighted by atomic mass is 10.0. The monoisotopic (exact) mass is 260 g/mol. The Kier molecular flexibility index (Phi) is 3.38. The molecule has 5 heteroatoms. The van der Waals surface area contributed by atoms with E-state index >= 15 is 0 Å². The molecule has 1 unspecified atom stereocenters. The normalized spacial score (nSPS) is 19.8. The van der Waals surface area contributed by atoms with Crippen molar-refractivity contribution < 1.29 is 4.74 Å². The van der Waals surface area contributed by atoms with Gasteiger partial charge in [0.25, 0.3) is 0 Å². The van der Waals surface area contributed by atoms with Gasteiger partial charge in [-0.25, -0.2) is 9.97 Å². The average molecular weight is 260 g/mol. The number of fused-ring (bicyclic) bond motifs is 1. The highest BCUT2D eigenvalue weighted by Crippen LogP contribution is 2.20. The predicted octanol–water partition coefficient (Wildman–Crippen LogP) is 1.73. The Bertz CT molecular complexity index is 572. The molecule has 0 aromatic carbocycles. The first-order valence-electron chi connectivity index (χ1n) is 6.88. The summed E-state index contributed by atoms with van der Waals surface area (Å²) in [6, 6.07) is 0.564. The number of ether oxygens (including phenoxy) is 1. The van der Waals surface area contributed by atoms with Gasteiger partial charge in [-0.15, -0.1) is 0 Å². The van der Waals surface area contributed by atoms with Crippen LogP contribution in [0.25, 0.3) is 5.65 Å². The molecule has 0 saturated carbocycles. The molecular formula is C14H20N4O. The molecule has 1 fully saturated rings. The van der Waals surface area contributed by atoms with Gasteiger partial charge in [0.15, 0.2) is 0 Å². The molecule has 1 N–H and O–H groups in total. The van der Waals surface area contributed by atoms with E-state index in [0.29, 0.717) is 11.9 Å². The van der Waals surface area contributed by atoms with Crippen LogP contribution in [0.2, 0.25) is 0 Å². The van der Waals surface area contributed by atoms with Crippen LogP contribution in [0, 0.1) is 6.92 Å². The van der Waals surface area contributed by atoms with Crippen LogP contribution in [0.4, 0.5) is 0 Å². The zero-order chi connectivity index (χ0) is 13.2. The number of aromatic nitrogens is 3. The second kappa shape index (κ2) is 5.17. The van der Waals surface area contributed by atoms with E-state index in [0.717, 1.165) is 29.9 Å². The molecule has 0 aliphatic carbocycles. The lowest BCUT2D eigenvalue weighted by Crippen LogP contribution is -2.35. The summed E-state index contributed by atoms with van der Waals surface area (Å²) < 4.78 is 7.22. The van der Waals surface area contributed by atoms with Gasteiger partial charge >= 0.3 is 0 Å². The highest BCUT2D eigenvalue weighted by Gasteiger charge is 2.16. The molecule has 102 valence electrons. The smallest absolute Gasteiger partial charge is 0.221 e. The van der Waals surface area contributed by atoms with E-state index in [4.69, 9.17) is 9.72 Å². The van der Waals surface area contributed by atoms with Crippen molar-refractivity contribution >= 4 is 5.65 Å². The van der Waals surface area contributed by atoms with Gasteiger partial charge in [-0.3, -0.25) is 4.40 Å². The molecule has 0 bridgehead atoms. The zero-order valence-corrected chi connectivity index (χ0v) is 11.5. The van der Waals surface area contributed by atoms with Gasteiger partial charge in [-0.1, -0.05) is 6.42 Å². The minimum atomic E-state index is 0.564. The van der Waals surface area contributed by atoms with Crippen molar-refractivity contribution in [2.45, 2.75) is 38.6 Å². The Hall–Kier alpha value is -1.62. The fourth-order valence-electron chi connectivity index (χ4n) is 2.77. The molecule has 1 saturated heterocycles. The molecule has 0 spiro atoms. The number of aryl methyl sites for hydroxylation is 1. The number of nitrogens with zero attached hydrogens (tertiary/aromatic N) is 3. The molecule has 1 aliphatic heterocycles. The van der Waals surface area contributed by atoms with Crippen LogP contribution in [-0.2, 0) is 6.42 Å². The van der Waals surface area contributed by atoms with Crippen molar-refractivity contribution in [3.63, 3.8) is 0 Å². The molecule has 3 rings (SSSR count). The van der Waals surface area contributed by atoms with Gasteiger partial charge in [-0.05, 0) is 26.3 Å². The summed E-state index contributed by atoms with van der Waals surface area (Å²) in [4.78, 5) is 8.99. The predicted molar refractivity (Wildman–Crippen MR) is 73.6 cm³/mol. The van der Waals surface area contributed by atoms with Crippen molar-refractivity contribution in [3.8, 4) is 5.88 Å². The number of hydrogen-bond acceptors (Lipinski definition) is 4. The highest BCUT2D eigenvalue weighted by atomic mass is 16.5. The molecule has 1 atom stereocenters. The van der Waals surface area contributed by atoms with Crippen LogP contribution in [-0.4, -0.2) is 34.1 Å². The Morgan fingerprint density at radius 3 is 3.11 bits per heavy atom. The third-order valence-electron chi connectivity index (χ3n) is 3.80. The summed E-state index contributed by atoms with van der Waals surface area (Å²) >= 11 is 0. The van der Waals surface area contributed by atoms with Crippen molar-refractivity contribution in [2.24, 2.45) is 0 Å². The first-order valence-corrected chi connectivity index (χ1v) is 6.88. The summed E-state index contributed by atoms with van der Waals surface area (Å²) in [5.74, 6) is 0.653. The van der Waals surface area contributed by atoms with Crippen LogP contribution in [0.1, 0.15) is 30.5 Å². The van der Waals surface area contributed by atoms with E-state index < -0.39 is 0 Å². The third kappa shape index (κ3) is 2.42. The molecule has 2 aromatic rings. The van der Waals surface area contributed by atoms with Crippen molar-refractivity contribution in [1.82, 2.24) is 19.7 Å². The summed E-state index contributed by atoms with van der Waals surface area (Å²) in [5, 5.41) is 3.56. The maximum atomic E-state index is 5.24. The van der Waals surface area contributed by atoms with Gasteiger partial charge in [0.1, 0.15) is 12.0 Å². The van der Waals surface area contributed by atoms with Gasteiger partial charge in [0.2, 0.25) is 5.88 Å². The zero-order valence-electron chi connectivity index (χ0n) is 11.5. The number of hydrogen-bond donors (Lipinski definition) is 1. The molecule has 3 heterocycles. The maximum absolute atomic E-state index is 5.24. The van der Waals surface area contributed by atoms with Gasteiger partial charge in [0.05, 0.1) is 18.4 Å². The Balaban J connectivity index is 1.86. The quantitative estimate of drug-likeness (QED) is 0.913. The molecule has 1 aliphatic rings. The Morgan fingerprint density at radius 1 is 1.47 bits per heavy atom. The minimum Gasteiger partial charge on any atom is -0.481 e. The SMILES string of the molecule is COc1ncn2cc(CC3CCCCN3)nc2c1C. The Labute approximate surface area is 113 Å². The van der Waals surface area contributed by atoms with E-state index in [1.807, 2.05) is 11.3 Å². The molecule has 5 nitrogen and oxygen atoms in total. The fourth-order valence-corrected chi connectivity index (χ4v) is 2.77. The molecular weight excluding hydrogens is 240 g/mol. The van der Waals surface area contributed by atoms with E-state index in [2.05, 4.69) is 16.5 Å². The highest BCUT2D eigenvalue weighted by molar-refractivity contribution is 5.52. The summed E-state index contributed by atoms with van der Waals surface area (Å²) in [6.07, 6.45) is 8.69. The van der Waals surface area contributed by atoms with Gasteiger partial charge in [-0.2, -0.15) is 0 Å². The van der Waals surface area contributed by atoms with Crippen molar-refractivity contribution in [1.29, 1.82) is 0 Å². The lowest BCUT2D eigenvalue weighted by molar-refractivity contribution is 0.394. The van der Waals surface area contributed by atoms with Crippen LogP contribution in [0.3, 0.4) is 0 Å². The van der Waals surface area contributed by atoms with Crippen LogP contribution < -0.4 is 10.1 Å². The third-order valence-corrected chi connectivity index (χ3v) is 3.80. The van der Waals surface area contributed by atoms with E-state index in [1.165, 1.54) is 19.3 Å². The average Bonchev–Trinajstić information content (AvgIpc) is 2.84. The number of rotatable bonds is 3. The first kappa shape index (κ1) is 12.4. The van der Waals surface area contributed by atoms with E-state index in [1.54, 1.807) is 13.4 Å². The van der Waals surface area contributed by atoms with Crippen molar-refractivity contribution in [2.75, 3.05) is 13.7 Å². The minimum absolute atomic E-state index is 0.564. The standard InChI is InChI=1S/C14H20N4O/c1-10-13-17-12(7-11-5-3-4-6-15-11)8-18(13)9-16-14(10)19-2/h8-9,11,15H,3-7H2,1-2H3. The summed E-state index contributed by atoms with van der Waals surface area (Å²) in [6.45, 7) is 3.13. The number of imidazole rings is 1. The number of piperidine rings is 1. The largest absolute Gasteiger partial charge is 0.481 e. The van der Waals surface area contributed by atoms with Crippen LogP contribution in [0.15, 0.2) is 12.5 Å². The molecule has 2 aromatic heterocycles. The van der Waals surface area contributed by atoms with Crippen molar-refractivity contribution in [3.05, 3.63) is 23.8 Å². The second-order valence-electron chi connectivity index (χ2n) is 5.19. The first-order chi connectivity index (χ1) is 9.28. The summed E-state index contributed by atoms with van der Waals surface area (Å²) in [7, 11) is 1.64. The van der Waals surface area contributed by atoms with Crippen LogP contribution in [0.5, 0.6) is 5.88 Å². The number of methoxy groups -OCH3 is 1. The van der Waals surface area contributed by atoms with Crippen LogP contribution >= 0.6 is 0 Å². The van der Waals surface area contributed by atoms with Gasteiger partial charge in [0, 0.05) is 18.7 Å². The maximum Gasteiger partial charge on any atom is 0.221 e. The fraction of sp³-hybridized carbons (Fsp3) is 0.571. The molecule has 19 heavy (non-hydrogen) atoms. The molecule has 0 amide bonds.